The highest BCUT2D eigenvalue weighted by atomic mass is 32.2. The third-order valence-electron chi connectivity index (χ3n) is 5.24. The quantitative estimate of drug-likeness (QED) is 0.292. The minimum absolute atomic E-state index is 0.206. The van der Waals surface area contributed by atoms with Gasteiger partial charge in [0.05, 0.1) is 24.7 Å². The van der Waals surface area contributed by atoms with Crippen LogP contribution in [0.4, 0.5) is 4.79 Å². The molecule has 35 heavy (non-hydrogen) atoms. The predicted octanol–water partition coefficient (Wildman–Crippen LogP) is 5.42. The van der Waals surface area contributed by atoms with Gasteiger partial charge < -0.3 is 14.2 Å². The summed E-state index contributed by atoms with van der Waals surface area (Å²) in [4.78, 5) is 38.8. The fourth-order valence-corrected chi connectivity index (χ4v) is 4.49. The monoisotopic (exact) mass is 491 g/mol. The number of carbonyl (C=O) groups is 3. The van der Waals surface area contributed by atoms with Gasteiger partial charge in [-0.3, -0.25) is 14.5 Å². The van der Waals surface area contributed by atoms with Crippen molar-refractivity contribution in [3.8, 4) is 11.5 Å². The van der Waals surface area contributed by atoms with Gasteiger partial charge in [-0.15, -0.1) is 0 Å². The molecule has 8 heteroatoms. The lowest BCUT2D eigenvalue weighted by molar-refractivity contribution is -0.145. The molecule has 0 spiro atoms. The van der Waals surface area contributed by atoms with Gasteiger partial charge in [0, 0.05) is 0 Å². The smallest absolute Gasteiger partial charge is 0.344 e. The Balaban J connectivity index is 1.50. The van der Waals surface area contributed by atoms with Gasteiger partial charge in [-0.1, -0.05) is 42.5 Å². The Morgan fingerprint density at radius 2 is 1.71 bits per heavy atom. The van der Waals surface area contributed by atoms with Crippen LogP contribution in [-0.4, -0.2) is 41.8 Å². The van der Waals surface area contributed by atoms with Gasteiger partial charge in [-0.05, 0) is 71.8 Å². The van der Waals surface area contributed by atoms with E-state index in [0.717, 1.165) is 28.1 Å². The summed E-state index contributed by atoms with van der Waals surface area (Å²) < 4.78 is 16.0. The zero-order valence-electron chi connectivity index (χ0n) is 19.5. The Hall–Kier alpha value is -3.78. The number of carbonyl (C=O) groups excluding carboxylic acids is 3. The van der Waals surface area contributed by atoms with Crippen LogP contribution in [0, 0.1) is 0 Å². The van der Waals surface area contributed by atoms with Gasteiger partial charge in [0.1, 0.15) is 0 Å². The number of amides is 2. The molecule has 0 aliphatic carbocycles. The van der Waals surface area contributed by atoms with E-state index in [1.165, 1.54) is 4.90 Å². The first-order chi connectivity index (χ1) is 17.0. The summed E-state index contributed by atoms with van der Waals surface area (Å²) in [6, 6.07) is 19.0. The molecular formula is C27H25NO6S. The van der Waals surface area contributed by atoms with E-state index in [2.05, 4.69) is 0 Å². The number of benzene rings is 3. The highest BCUT2D eigenvalue weighted by Gasteiger charge is 2.35. The van der Waals surface area contributed by atoms with Crippen molar-refractivity contribution in [3.05, 3.63) is 76.7 Å². The highest BCUT2D eigenvalue weighted by Crippen LogP contribution is 2.35. The second-order valence-electron chi connectivity index (χ2n) is 7.68. The number of nitrogens with zero attached hydrogens (tertiary/aromatic N) is 1. The number of fused-ring (bicyclic) bond motifs is 1. The summed E-state index contributed by atoms with van der Waals surface area (Å²) in [7, 11) is 0. The summed E-state index contributed by atoms with van der Waals surface area (Å²) in [5.74, 6) is 0.00951. The molecule has 1 heterocycles. The maximum atomic E-state index is 13.0. The molecule has 0 bridgehead atoms. The van der Waals surface area contributed by atoms with Crippen molar-refractivity contribution < 1.29 is 28.6 Å². The Morgan fingerprint density at radius 1 is 0.914 bits per heavy atom. The van der Waals surface area contributed by atoms with Crippen LogP contribution in [0.3, 0.4) is 0 Å². The zero-order valence-corrected chi connectivity index (χ0v) is 20.3. The fourth-order valence-electron chi connectivity index (χ4n) is 3.65. The average molecular weight is 492 g/mol. The van der Waals surface area contributed by atoms with Crippen molar-refractivity contribution in [2.24, 2.45) is 0 Å². The summed E-state index contributed by atoms with van der Waals surface area (Å²) in [5.41, 5.74) is 1.56. The molecule has 4 rings (SSSR count). The number of hydrogen-bond acceptors (Lipinski definition) is 7. The van der Waals surface area contributed by atoms with Crippen LogP contribution in [0.15, 0.2) is 65.6 Å². The lowest BCUT2D eigenvalue weighted by Crippen LogP contribution is -2.27. The molecule has 2 amide bonds. The third kappa shape index (κ3) is 5.84. The van der Waals surface area contributed by atoms with Crippen molar-refractivity contribution >= 4 is 45.7 Å². The Labute approximate surface area is 207 Å². The van der Waals surface area contributed by atoms with Gasteiger partial charge in [-0.2, -0.15) is 0 Å². The molecule has 1 aliphatic rings. The molecule has 7 nitrogen and oxygen atoms in total. The molecule has 0 N–H and O–H groups in total. The van der Waals surface area contributed by atoms with Crippen molar-refractivity contribution in [1.82, 2.24) is 4.90 Å². The van der Waals surface area contributed by atoms with E-state index in [0.29, 0.717) is 28.6 Å². The minimum Gasteiger partial charge on any atom is -0.490 e. The first-order valence-electron chi connectivity index (χ1n) is 11.3. The lowest BCUT2D eigenvalue weighted by atomic mass is 10.1. The van der Waals surface area contributed by atoms with Crippen molar-refractivity contribution in [2.45, 2.75) is 20.4 Å². The van der Waals surface area contributed by atoms with E-state index in [4.69, 9.17) is 14.2 Å². The predicted molar refractivity (Wildman–Crippen MR) is 135 cm³/mol. The molecule has 0 atom stereocenters. The first kappa shape index (κ1) is 24.3. The Bertz CT molecular complexity index is 1300. The molecule has 1 saturated heterocycles. The third-order valence-corrected chi connectivity index (χ3v) is 6.15. The second-order valence-corrected chi connectivity index (χ2v) is 8.68. The zero-order chi connectivity index (χ0) is 24.8. The van der Waals surface area contributed by atoms with Gasteiger partial charge >= 0.3 is 5.97 Å². The molecule has 3 aromatic carbocycles. The maximum absolute atomic E-state index is 13.0. The average Bonchev–Trinajstić information content (AvgIpc) is 3.11. The van der Waals surface area contributed by atoms with Crippen LogP contribution < -0.4 is 9.47 Å². The highest BCUT2D eigenvalue weighted by molar-refractivity contribution is 8.18. The van der Waals surface area contributed by atoms with Crippen LogP contribution in [-0.2, 0) is 20.9 Å². The molecule has 0 radical (unpaired) electrons. The van der Waals surface area contributed by atoms with Gasteiger partial charge in [0.25, 0.3) is 11.1 Å². The van der Waals surface area contributed by atoms with Crippen LogP contribution in [0.5, 0.6) is 11.5 Å². The van der Waals surface area contributed by atoms with E-state index in [-0.39, 0.29) is 30.9 Å². The van der Waals surface area contributed by atoms with Gasteiger partial charge in [-0.25, -0.2) is 4.79 Å². The fraction of sp³-hybridized carbons (Fsp3) is 0.222. The molecule has 0 aromatic heterocycles. The summed E-state index contributed by atoms with van der Waals surface area (Å²) >= 11 is 0.908. The van der Waals surface area contributed by atoms with E-state index in [1.807, 2.05) is 49.4 Å². The molecule has 0 unspecified atom stereocenters. The van der Waals surface area contributed by atoms with E-state index >= 15 is 0 Å². The SMILES string of the molecule is CCOC(=O)COc1ccc(/C=C2\SC(=O)N(Cc3ccc4ccccc4c3)C2=O)cc1OCC. The Morgan fingerprint density at radius 3 is 2.49 bits per heavy atom. The summed E-state index contributed by atoms with van der Waals surface area (Å²) in [6.07, 6.45) is 1.66. The Kier molecular flexibility index (Phi) is 7.72. The molecular weight excluding hydrogens is 466 g/mol. The van der Waals surface area contributed by atoms with Crippen LogP contribution in [0.2, 0.25) is 0 Å². The number of imide groups is 1. The van der Waals surface area contributed by atoms with Crippen LogP contribution in [0.25, 0.3) is 16.8 Å². The number of rotatable bonds is 9. The minimum atomic E-state index is -0.473. The van der Waals surface area contributed by atoms with Crippen molar-refractivity contribution in [1.29, 1.82) is 0 Å². The largest absolute Gasteiger partial charge is 0.490 e. The van der Waals surface area contributed by atoms with Gasteiger partial charge in [0.2, 0.25) is 0 Å². The second kappa shape index (κ2) is 11.1. The molecule has 1 fully saturated rings. The molecule has 0 saturated carbocycles. The van der Waals surface area contributed by atoms with Gasteiger partial charge in [0.15, 0.2) is 18.1 Å². The number of hydrogen-bond donors (Lipinski definition) is 0. The lowest BCUT2D eigenvalue weighted by Gasteiger charge is -2.13. The molecule has 180 valence electrons. The van der Waals surface area contributed by atoms with E-state index in [1.54, 1.807) is 31.2 Å². The number of thioether (sulfide) groups is 1. The van der Waals surface area contributed by atoms with Crippen LogP contribution >= 0.6 is 11.8 Å². The first-order valence-corrected chi connectivity index (χ1v) is 12.1. The maximum Gasteiger partial charge on any atom is 0.344 e. The van der Waals surface area contributed by atoms with E-state index < -0.39 is 5.97 Å². The summed E-state index contributed by atoms with van der Waals surface area (Å²) in [5, 5.41) is 1.85. The standard InChI is InChI=1S/C27H25NO6S/c1-3-32-23-14-18(10-12-22(23)34-17-25(29)33-4-2)15-24-26(30)28(27(31)35-24)16-19-9-11-20-7-5-6-8-21(20)13-19/h5-15H,3-4,16-17H2,1-2H3/b24-15-. The molecule has 3 aromatic rings. The number of esters is 1. The molecule has 1 aliphatic heterocycles. The summed E-state index contributed by atoms with van der Waals surface area (Å²) in [6.45, 7) is 4.19. The normalized spacial score (nSPS) is 14.6. The van der Waals surface area contributed by atoms with Crippen molar-refractivity contribution in [2.75, 3.05) is 19.8 Å². The van der Waals surface area contributed by atoms with Crippen LogP contribution in [0.1, 0.15) is 25.0 Å². The number of ether oxygens (including phenoxy) is 3. The topological polar surface area (TPSA) is 82.1 Å². The van der Waals surface area contributed by atoms with E-state index in [9.17, 15) is 14.4 Å². The van der Waals surface area contributed by atoms with Crippen molar-refractivity contribution in [3.63, 3.8) is 0 Å².